The molecule has 0 radical (unpaired) electrons. The third kappa shape index (κ3) is 16.5. The minimum absolute atomic E-state index is 0.667. The van der Waals surface area contributed by atoms with E-state index in [0.717, 1.165) is 66.8 Å². The normalized spacial score (nSPS) is 12.8. The van der Waals surface area contributed by atoms with E-state index in [-0.39, 0.29) is 0 Å². The first-order valence-corrected chi connectivity index (χ1v) is 55.1. The molecular weight excluding hydrogens is 1690 g/mol. The molecule has 0 atom stereocenters. The van der Waals surface area contributed by atoms with Gasteiger partial charge in [0.2, 0.25) is 0 Å². The van der Waals surface area contributed by atoms with Crippen LogP contribution in [0.1, 0.15) is 0 Å². The molecule has 0 bridgehead atoms. The summed E-state index contributed by atoms with van der Waals surface area (Å²) in [7, 11) is -5.41. The summed E-state index contributed by atoms with van der Waals surface area (Å²) in [6, 6.07) is 161. The summed E-state index contributed by atoms with van der Waals surface area (Å²) in [4.78, 5) is 45.3. The molecule has 3 aromatic heterocycles. The summed E-state index contributed by atoms with van der Waals surface area (Å²) < 4.78 is 0. The number of fused-ring (bicyclic) bond motifs is 9. The standard InChI is InChI=1S/3C41H31N3Si/c1-45(2)36-18-10-9-16-34(36)38-35(17-11-19-37(38)45)41-43-39(32-14-7-4-8-15-32)42-40(44-41)33-26-24-31(25-27-33)30-22-20-29(21-23-30)28-12-5-3-6-13-28;1-45(2)37-16-10-9-15-35(37)36-27-34(25-26-38(36)45)41-43-39(32-13-7-4-8-14-32)42-40(44-41)33-23-21-31(22-24-33)30-19-17-29(18-20-30)28-11-5-3-6-12-28;1-45(2)37-16-10-9-15-35(37)36-26-25-34(27-38(36)45)41-43-39(32-13-7-4-8-14-32)42-40(44-41)33-23-21-31(22-24-33)30-19-17-29(18-20-30)28-11-5-3-6-12-28/h3*3-27H,1-2H3. The Bertz CT molecular complexity index is 7960. The van der Waals surface area contributed by atoms with Gasteiger partial charge in [-0.3, -0.25) is 0 Å². The highest BCUT2D eigenvalue weighted by Gasteiger charge is 2.41. The van der Waals surface area contributed by atoms with Crippen LogP contribution < -0.4 is 31.1 Å². The van der Waals surface area contributed by atoms with Crippen LogP contribution in [-0.4, -0.2) is 69.1 Å². The van der Waals surface area contributed by atoms with Crippen LogP contribution in [0.5, 0.6) is 0 Å². The Kier molecular flexibility index (Phi) is 22.3. The largest absolute Gasteiger partial charge is 0.208 e. The van der Waals surface area contributed by atoms with Gasteiger partial charge in [-0.05, 0) is 137 Å². The monoisotopic (exact) mass is 1780 g/mol. The van der Waals surface area contributed by atoms with Crippen LogP contribution in [0.2, 0.25) is 39.3 Å². The third-order valence-electron chi connectivity index (χ3n) is 26.9. The lowest BCUT2D eigenvalue weighted by molar-refractivity contribution is 1.07. The lowest BCUT2D eigenvalue weighted by Crippen LogP contribution is -2.49. The van der Waals surface area contributed by atoms with Crippen molar-refractivity contribution < 1.29 is 0 Å². The van der Waals surface area contributed by atoms with E-state index in [4.69, 9.17) is 44.9 Å². The van der Waals surface area contributed by atoms with Crippen LogP contribution >= 0.6 is 0 Å². The second-order valence-electron chi connectivity index (χ2n) is 36.3. The zero-order valence-corrected chi connectivity index (χ0v) is 78.8. The molecule has 0 amide bonds. The van der Waals surface area contributed by atoms with Gasteiger partial charge in [-0.1, -0.05) is 488 Å². The van der Waals surface area contributed by atoms with Crippen molar-refractivity contribution in [3.8, 4) is 203 Å². The van der Waals surface area contributed by atoms with E-state index in [1.165, 1.54) is 115 Å². The number of aromatic nitrogens is 9. The lowest BCUT2D eigenvalue weighted by atomic mass is 9.99. The highest BCUT2D eigenvalue weighted by molar-refractivity contribution is 7.05. The molecule has 21 aromatic rings. The van der Waals surface area contributed by atoms with Crippen LogP contribution in [0, 0.1) is 0 Å². The van der Waals surface area contributed by atoms with Gasteiger partial charge in [0, 0.05) is 50.1 Å². The SMILES string of the molecule is C[Si]1(C)c2ccccc2-c2c(-c3nc(-c4ccccc4)nc(-c4ccc(-c5ccc(-c6ccccc6)cc5)cc4)n3)cccc21.C[Si]1(C)c2ccccc2-c2cc(-c3nc(-c4ccccc4)nc(-c4ccc(-c5ccc(-c6ccccc6)cc5)cc4)n3)ccc21.C[Si]1(C)c2ccccc2-c2ccc(-c3nc(-c4ccccc4)nc(-c4ccc(-c5ccc(-c6ccccc6)cc5)cc4)n3)cc21. The van der Waals surface area contributed by atoms with Crippen LogP contribution in [0.25, 0.3) is 203 Å². The molecule has 0 saturated heterocycles. The van der Waals surface area contributed by atoms with Crippen LogP contribution in [0.15, 0.2) is 455 Å². The number of benzene rings is 18. The van der Waals surface area contributed by atoms with Crippen molar-refractivity contribution in [1.29, 1.82) is 0 Å². The van der Waals surface area contributed by atoms with Gasteiger partial charge < -0.3 is 0 Å². The predicted molar refractivity (Wildman–Crippen MR) is 568 cm³/mol. The Morgan fingerprint density at radius 3 is 0.652 bits per heavy atom. The maximum atomic E-state index is 5.14. The lowest BCUT2D eigenvalue weighted by Gasteiger charge is -2.19. The summed E-state index contributed by atoms with van der Waals surface area (Å²) in [6.07, 6.45) is 0. The third-order valence-corrected chi connectivity index (χ3v) is 37.6. The molecule has 0 spiro atoms. The number of hydrogen-bond donors (Lipinski definition) is 0. The van der Waals surface area contributed by atoms with Gasteiger partial charge in [-0.15, -0.1) is 0 Å². The van der Waals surface area contributed by atoms with Gasteiger partial charge in [0.05, 0.1) is 0 Å². The second-order valence-corrected chi connectivity index (χ2v) is 49.3. The fraction of sp³-hybridized carbons (Fsp3) is 0.0488. The Balaban J connectivity index is 0.000000118. The Morgan fingerprint density at radius 2 is 0.311 bits per heavy atom. The van der Waals surface area contributed by atoms with Gasteiger partial charge in [0.25, 0.3) is 0 Å². The molecule has 135 heavy (non-hydrogen) atoms. The van der Waals surface area contributed by atoms with Crippen molar-refractivity contribution in [2.45, 2.75) is 39.3 Å². The molecule has 0 unspecified atom stereocenters. The summed E-state index contributed by atoms with van der Waals surface area (Å²) in [5.74, 6) is 6.13. The first-order valence-electron chi connectivity index (χ1n) is 46.1. The first-order chi connectivity index (χ1) is 66.1. The molecule has 0 fully saturated rings. The highest BCUT2D eigenvalue weighted by Crippen LogP contribution is 2.41. The summed E-state index contributed by atoms with van der Waals surface area (Å²) in [6.45, 7) is 14.6. The first kappa shape index (κ1) is 84.2. The van der Waals surface area contributed by atoms with E-state index in [0.29, 0.717) is 52.4 Å². The maximum Gasteiger partial charge on any atom is 0.164 e. The van der Waals surface area contributed by atoms with Crippen molar-refractivity contribution in [2.75, 3.05) is 0 Å². The van der Waals surface area contributed by atoms with Gasteiger partial charge in [0.1, 0.15) is 24.2 Å². The van der Waals surface area contributed by atoms with E-state index in [9.17, 15) is 0 Å². The van der Waals surface area contributed by atoms with Crippen molar-refractivity contribution in [1.82, 2.24) is 44.9 Å². The minimum atomic E-state index is -1.83. The van der Waals surface area contributed by atoms with Crippen molar-refractivity contribution in [3.63, 3.8) is 0 Å². The molecular formula is C123H93N9Si3. The topological polar surface area (TPSA) is 116 Å². The molecule has 6 heterocycles. The molecule has 0 aliphatic carbocycles. The fourth-order valence-corrected chi connectivity index (χ4v) is 28.8. The van der Waals surface area contributed by atoms with Gasteiger partial charge in [0.15, 0.2) is 52.4 Å². The van der Waals surface area contributed by atoms with Crippen molar-refractivity contribution in [3.05, 3.63) is 455 Å². The quantitative estimate of drug-likeness (QED) is 0.0925. The van der Waals surface area contributed by atoms with Crippen LogP contribution in [0.4, 0.5) is 0 Å². The van der Waals surface area contributed by atoms with E-state index < -0.39 is 24.2 Å². The molecule has 3 aliphatic rings. The summed E-state index contributed by atoms with van der Waals surface area (Å²) >= 11 is 0. The predicted octanol–water partition coefficient (Wildman–Crippen LogP) is 27.0. The van der Waals surface area contributed by atoms with E-state index in [1.54, 1.807) is 0 Å². The highest BCUT2D eigenvalue weighted by atomic mass is 28.3. The Labute approximate surface area is 791 Å². The van der Waals surface area contributed by atoms with E-state index >= 15 is 0 Å². The molecule has 24 rings (SSSR count). The van der Waals surface area contributed by atoms with Gasteiger partial charge >= 0.3 is 0 Å². The smallest absolute Gasteiger partial charge is 0.164 e. The fourth-order valence-electron chi connectivity index (χ4n) is 19.6. The van der Waals surface area contributed by atoms with Gasteiger partial charge in [-0.2, -0.15) is 0 Å². The summed E-state index contributed by atoms with van der Waals surface area (Å²) in [5.41, 5.74) is 31.1. The molecule has 12 heteroatoms. The number of nitrogens with zero attached hydrogens (tertiary/aromatic N) is 9. The minimum Gasteiger partial charge on any atom is -0.208 e. The zero-order chi connectivity index (χ0) is 91.1. The average Bonchev–Trinajstić information content (AvgIpc) is 1.55. The second kappa shape index (κ2) is 35.7. The van der Waals surface area contributed by atoms with Crippen molar-refractivity contribution in [2.24, 2.45) is 0 Å². The van der Waals surface area contributed by atoms with E-state index in [2.05, 4.69) is 421 Å². The molecule has 3 aliphatic heterocycles. The zero-order valence-electron chi connectivity index (χ0n) is 75.8. The van der Waals surface area contributed by atoms with E-state index in [1.807, 2.05) is 72.8 Å². The summed E-state index contributed by atoms with van der Waals surface area (Å²) in [5, 5.41) is 8.80. The van der Waals surface area contributed by atoms with Crippen LogP contribution in [-0.2, 0) is 0 Å². The average molecular weight is 1780 g/mol. The molecule has 0 saturated carbocycles. The molecule has 0 N–H and O–H groups in total. The van der Waals surface area contributed by atoms with Crippen molar-refractivity contribution >= 4 is 55.3 Å². The molecule has 642 valence electrons. The number of hydrogen-bond acceptors (Lipinski definition) is 9. The van der Waals surface area contributed by atoms with Gasteiger partial charge in [-0.25, -0.2) is 44.9 Å². The van der Waals surface area contributed by atoms with Crippen LogP contribution in [0.3, 0.4) is 0 Å². The molecule has 18 aromatic carbocycles. The Hall–Kier alpha value is -16.4. The maximum absolute atomic E-state index is 5.14. The Morgan fingerprint density at radius 1 is 0.119 bits per heavy atom. The number of rotatable bonds is 15. The molecule has 9 nitrogen and oxygen atoms in total.